The fraction of sp³-hybridized carbons (Fsp3) is 0.100. The first-order chi connectivity index (χ1) is 6.59. The fourth-order valence-corrected chi connectivity index (χ4v) is 1.84. The molecule has 0 aliphatic heterocycles. The highest BCUT2D eigenvalue weighted by Gasteiger charge is 2.10. The third-order valence-electron chi connectivity index (χ3n) is 2.06. The molecule has 0 aliphatic rings. The van der Waals surface area contributed by atoms with Crippen LogP contribution in [0.1, 0.15) is 11.7 Å². The van der Waals surface area contributed by atoms with Gasteiger partial charge in [0.05, 0.1) is 5.52 Å². The molecular weight excluding hydrogens is 246 g/mol. The molecule has 3 nitrogen and oxygen atoms in total. The molecule has 4 heteroatoms. The van der Waals surface area contributed by atoms with E-state index in [2.05, 4.69) is 15.9 Å². The summed E-state index contributed by atoms with van der Waals surface area (Å²) in [5.41, 5.74) is 0.712. The largest absolute Gasteiger partial charge is 0.494 e. The van der Waals surface area contributed by atoms with E-state index in [1.807, 2.05) is 12.1 Å². The summed E-state index contributed by atoms with van der Waals surface area (Å²) in [4.78, 5) is 11.2. The molecule has 0 unspecified atom stereocenters. The molecule has 0 fully saturated rings. The third kappa shape index (κ3) is 1.32. The Balaban J connectivity index is 2.86. The normalized spacial score (nSPS) is 10.7. The molecule has 0 aliphatic carbocycles. The molecule has 0 bridgehead atoms. The molecule has 0 atom stereocenters. The molecule has 0 amide bonds. The van der Waals surface area contributed by atoms with Gasteiger partial charge >= 0.3 is 0 Å². The first-order valence-corrected chi connectivity index (χ1v) is 4.90. The minimum absolute atomic E-state index is 0.0226. The Kier molecular flexibility index (Phi) is 2.07. The van der Waals surface area contributed by atoms with Gasteiger partial charge in [-0.05, 0) is 12.1 Å². The van der Waals surface area contributed by atoms with E-state index in [-0.39, 0.29) is 11.8 Å². The van der Waals surface area contributed by atoms with Crippen LogP contribution in [0.3, 0.4) is 0 Å². The minimum atomic E-state index is -0.199. The Bertz CT molecular complexity index is 516. The lowest BCUT2D eigenvalue weighted by molar-refractivity contribution is 0.0933. The number of carbonyl (C=O) groups excluding carboxylic acids is 1. The van der Waals surface area contributed by atoms with Crippen molar-refractivity contribution in [3.8, 4) is 5.88 Å². The van der Waals surface area contributed by atoms with Crippen molar-refractivity contribution in [2.45, 2.75) is 6.92 Å². The third-order valence-corrected chi connectivity index (χ3v) is 2.56. The van der Waals surface area contributed by atoms with Crippen molar-refractivity contribution >= 4 is 32.7 Å². The predicted octanol–water partition coefficient (Wildman–Crippen LogP) is 2.77. The Hall–Kier alpha value is -1.29. The Labute approximate surface area is 89.1 Å². The molecule has 1 N–H and O–H groups in total. The first-order valence-electron chi connectivity index (χ1n) is 4.10. The molecule has 2 rings (SSSR count). The zero-order valence-corrected chi connectivity index (χ0v) is 9.08. The quantitative estimate of drug-likeness (QED) is 0.785. The highest BCUT2D eigenvalue weighted by Crippen LogP contribution is 2.26. The number of hydrogen-bond donors (Lipinski definition) is 1. The molecule has 14 heavy (non-hydrogen) atoms. The predicted molar refractivity (Wildman–Crippen MR) is 57.6 cm³/mol. The Morgan fingerprint density at radius 2 is 2.14 bits per heavy atom. The summed E-state index contributed by atoms with van der Waals surface area (Å²) in [6.07, 6.45) is 0. The van der Waals surface area contributed by atoms with E-state index in [0.717, 1.165) is 9.86 Å². The molecule has 1 aromatic heterocycles. The minimum Gasteiger partial charge on any atom is -0.494 e. The Morgan fingerprint density at radius 1 is 1.43 bits per heavy atom. The number of carbonyl (C=O) groups is 1. The summed E-state index contributed by atoms with van der Waals surface area (Å²) < 4.78 is 2.16. The first kappa shape index (κ1) is 9.27. The van der Waals surface area contributed by atoms with Gasteiger partial charge in [0.25, 0.3) is 0 Å². The highest BCUT2D eigenvalue weighted by molar-refractivity contribution is 9.10. The van der Waals surface area contributed by atoms with Crippen LogP contribution in [-0.2, 0) is 0 Å². The van der Waals surface area contributed by atoms with Gasteiger partial charge in [-0.2, -0.15) is 0 Å². The monoisotopic (exact) mass is 253 g/mol. The van der Waals surface area contributed by atoms with E-state index in [4.69, 9.17) is 0 Å². The van der Waals surface area contributed by atoms with Gasteiger partial charge in [0.1, 0.15) is 0 Å². The van der Waals surface area contributed by atoms with E-state index < -0.39 is 0 Å². The molecule has 1 aromatic carbocycles. The second kappa shape index (κ2) is 3.13. The van der Waals surface area contributed by atoms with Crippen LogP contribution in [0.25, 0.3) is 10.9 Å². The van der Waals surface area contributed by atoms with E-state index in [0.29, 0.717) is 5.52 Å². The molecule has 1 heterocycles. The Morgan fingerprint density at radius 3 is 2.79 bits per heavy atom. The smallest absolute Gasteiger partial charge is 0.230 e. The van der Waals surface area contributed by atoms with Gasteiger partial charge in [-0.1, -0.05) is 22.0 Å². The second-order valence-corrected chi connectivity index (χ2v) is 3.98. The van der Waals surface area contributed by atoms with E-state index in [1.165, 1.54) is 11.5 Å². The van der Waals surface area contributed by atoms with Crippen LogP contribution in [0.5, 0.6) is 5.88 Å². The number of nitrogens with zero attached hydrogens (tertiary/aromatic N) is 1. The zero-order valence-electron chi connectivity index (χ0n) is 7.49. The standard InChI is InChI=1S/C10H8BrNO2/c1-6(13)12-9-5-8(11)3-2-7(9)4-10(12)14/h2-5,14H,1H3. The molecular formula is C10H8BrNO2. The van der Waals surface area contributed by atoms with Gasteiger partial charge in [0, 0.05) is 22.8 Å². The SMILES string of the molecule is CC(=O)n1c(O)cc2ccc(Br)cc21. The van der Waals surface area contributed by atoms with E-state index >= 15 is 0 Å². The molecule has 72 valence electrons. The molecule has 0 spiro atoms. The number of aromatic nitrogens is 1. The van der Waals surface area contributed by atoms with Crippen LogP contribution in [0.2, 0.25) is 0 Å². The maximum Gasteiger partial charge on any atom is 0.230 e. The lowest BCUT2D eigenvalue weighted by atomic mass is 10.2. The van der Waals surface area contributed by atoms with Crippen molar-refractivity contribution in [1.82, 2.24) is 4.57 Å². The average molecular weight is 254 g/mol. The molecule has 0 radical (unpaired) electrons. The molecule has 0 saturated heterocycles. The summed E-state index contributed by atoms with van der Waals surface area (Å²) in [6.45, 7) is 1.42. The van der Waals surface area contributed by atoms with Crippen LogP contribution in [0.4, 0.5) is 0 Å². The van der Waals surface area contributed by atoms with Gasteiger partial charge in [-0.15, -0.1) is 0 Å². The van der Waals surface area contributed by atoms with Crippen LogP contribution < -0.4 is 0 Å². The van der Waals surface area contributed by atoms with Crippen LogP contribution in [0, 0.1) is 0 Å². The maximum atomic E-state index is 11.2. The highest BCUT2D eigenvalue weighted by atomic mass is 79.9. The van der Waals surface area contributed by atoms with Gasteiger partial charge in [0.2, 0.25) is 5.91 Å². The van der Waals surface area contributed by atoms with Crippen LogP contribution in [-0.4, -0.2) is 15.6 Å². The number of aromatic hydroxyl groups is 1. The average Bonchev–Trinajstić information content (AvgIpc) is 2.40. The summed E-state index contributed by atoms with van der Waals surface area (Å²) >= 11 is 3.32. The van der Waals surface area contributed by atoms with E-state index in [9.17, 15) is 9.90 Å². The van der Waals surface area contributed by atoms with E-state index in [1.54, 1.807) is 12.1 Å². The molecule has 2 aromatic rings. The number of halogens is 1. The van der Waals surface area contributed by atoms with Crippen LogP contribution in [0.15, 0.2) is 28.7 Å². The van der Waals surface area contributed by atoms with Gasteiger partial charge in [-0.3, -0.25) is 9.36 Å². The van der Waals surface area contributed by atoms with Gasteiger partial charge in [0.15, 0.2) is 5.88 Å². The number of fused-ring (bicyclic) bond motifs is 1. The lowest BCUT2D eigenvalue weighted by Gasteiger charge is -2.00. The zero-order chi connectivity index (χ0) is 10.3. The topological polar surface area (TPSA) is 42.2 Å². The fourth-order valence-electron chi connectivity index (χ4n) is 1.49. The van der Waals surface area contributed by atoms with Gasteiger partial charge in [-0.25, -0.2) is 0 Å². The maximum absolute atomic E-state index is 11.2. The summed E-state index contributed by atoms with van der Waals surface area (Å²) in [5.74, 6) is -0.221. The number of benzene rings is 1. The van der Waals surface area contributed by atoms with Crippen molar-refractivity contribution in [2.75, 3.05) is 0 Å². The lowest BCUT2D eigenvalue weighted by Crippen LogP contribution is -2.03. The summed E-state index contributed by atoms with van der Waals surface area (Å²) in [7, 11) is 0. The van der Waals surface area contributed by atoms with Crippen molar-refractivity contribution < 1.29 is 9.90 Å². The van der Waals surface area contributed by atoms with Crippen molar-refractivity contribution in [1.29, 1.82) is 0 Å². The van der Waals surface area contributed by atoms with Gasteiger partial charge < -0.3 is 5.11 Å². The van der Waals surface area contributed by atoms with Crippen molar-refractivity contribution in [3.63, 3.8) is 0 Å². The van der Waals surface area contributed by atoms with Crippen molar-refractivity contribution in [2.24, 2.45) is 0 Å². The summed E-state index contributed by atoms with van der Waals surface area (Å²) in [6, 6.07) is 7.09. The number of rotatable bonds is 0. The van der Waals surface area contributed by atoms with Crippen LogP contribution >= 0.6 is 15.9 Å². The summed E-state index contributed by atoms with van der Waals surface area (Å²) in [5, 5.41) is 10.4. The van der Waals surface area contributed by atoms with Crippen molar-refractivity contribution in [3.05, 3.63) is 28.7 Å². The number of hydrogen-bond acceptors (Lipinski definition) is 2. The molecule has 0 saturated carbocycles. The second-order valence-electron chi connectivity index (χ2n) is 3.06.